The molecule has 0 bridgehead atoms. The number of carboxylic acid groups (broad SMARTS) is 1. The predicted octanol–water partition coefficient (Wildman–Crippen LogP) is 1.18. The summed E-state index contributed by atoms with van der Waals surface area (Å²) in [6, 6.07) is 5.95. The van der Waals surface area contributed by atoms with E-state index in [-0.39, 0.29) is 16.7 Å². The first-order chi connectivity index (χ1) is 8.38. The third-order valence-electron chi connectivity index (χ3n) is 2.72. The number of hydroxylamine groups is 3. The van der Waals surface area contributed by atoms with Gasteiger partial charge < -0.3 is 5.11 Å². The fourth-order valence-electron chi connectivity index (χ4n) is 1.77. The largest absolute Gasteiger partial charge is 0.478 e. The molecule has 1 heterocycles. The highest BCUT2D eigenvalue weighted by molar-refractivity contribution is 6.13. The summed E-state index contributed by atoms with van der Waals surface area (Å²) < 4.78 is -1.66. The summed E-state index contributed by atoms with van der Waals surface area (Å²) in [6.45, 7) is 1.20. The van der Waals surface area contributed by atoms with Gasteiger partial charge in [-0.1, -0.05) is 12.1 Å². The molecular formula is C12H10NO5+. The number of amides is 2. The lowest BCUT2D eigenvalue weighted by Gasteiger charge is -2.13. The quantitative estimate of drug-likeness (QED) is 0.355. The molecule has 92 valence electrons. The highest BCUT2D eigenvalue weighted by atomic mass is 16.6. The van der Waals surface area contributed by atoms with Crippen LogP contribution in [0.25, 0.3) is 0 Å². The van der Waals surface area contributed by atoms with Crippen molar-refractivity contribution in [2.45, 2.75) is 6.92 Å². The zero-order chi connectivity index (χ0) is 13.5. The fourth-order valence-corrected chi connectivity index (χ4v) is 1.77. The molecule has 0 aromatic heterocycles. The Morgan fingerprint density at radius 3 is 2.00 bits per heavy atom. The predicted molar refractivity (Wildman–Crippen MR) is 58.5 cm³/mol. The van der Waals surface area contributed by atoms with E-state index in [4.69, 9.17) is 5.11 Å². The molecule has 0 aliphatic carbocycles. The molecule has 0 saturated heterocycles. The van der Waals surface area contributed by atoms with Crippen LogP contribution in [0.3, 0.4) is 0 Å². The van der Waals surface area contributed by atoms with E-state index >= 15 is 0 Å². The van der Waals surface area contributed by atoms with Crippen LogP contribution in [-0.4, -0.2) is 32.7 Å². The second-order valence-electron chi connectivity index (χ2n) is 3.96. The van der Waals surface area contributed by atoms with Gasteiger partial charge >= 0.3 is 17.8 Å². The summed E-state index contributed by atoms with van der Waals surface area (Å²) in [5, 5.41) is 18.8. The van der Waals surface area contributed by atoms with Gasteiger partial charge in [0.1, 0.15) is 11.1 Å². The number of hydrogen-bond acceptors (Lipinski definition) is 4. The molecule has 6 heteroatoms. The Labute approximate surface area is 102 Å². The first-order valence-electron chi connectivity index (χ1n) is 5.11. The highest BCUT2D eigenvalue weighted by Crippen LogP contribution is 2.29. The summed E-state index contributed by atoms with van der Waals surface area (Å²) in [5.41, 5.74) is -0.120. The van der Waals surface area contributed by atoms with Crippen LogP contribution in [0.15, 0.2) is 36.0 Å². The Hall–Kier alpha value is -2.31. The summed E-state index contributed by atoms with van der Waals surface area (Å²) in [7, 11) is 0. The molecule has 2 amide bonds. The van der Waals surface area contributed by atoms with E-state index in [0.717, 1.165) is 6.20 Å². The van der Waals surface area contributed by atoms with E-state index < -0.39 is 22.4 Å². The molecule has 6 nitrogen and oxygen atoms in total. The normalized spacial score (nSPS) is 17.8. The molecular weight excluding hydrogens is 238 g/mol. The summed E-state index contributed by atoms with van der Waals surface area (Å²) in [5.74, 6) is -3.01. The van der Waals surface area contributed by atoms with E-state index in [2.05, 4.69) is 0 Å². The average molecular weight is 248 g/mol. The highest BCUT2D eigenvalue weighted by Gasteiger charge is 2.53. The summed E-state index contributed by atoms with van der Waals surface area (Å²) in [4.78, 5) is 34.6. The smallest absolute Gasteiger partial charge is 0.391 e. The van der Waals surface area contributed by atoms with Gasteiger partial charge in [-0.05, 0) is 23.7 Å². The van der Waals surface area contributed by atoms with Crippen molar-refractivity contribution in [3.05, 3.63) is 47.2 Å². The standard InChI is InChI=1S/C12H9NO5/c1-7(12(16)17)6-13(18)10(14)8-4-2-3-5-9(8)11(13)15/h2-6,18H,1H3/p+1. The zero-order valence-corrected chi connectivity index (χ0v) is 9.45. The monoisotopic (exact) mass is 248 g/mol. The molecule has 1 aromatic rings. The number of quaternary nitrogens is 1. The number of carboxylic acids is 1. The van der Waals surface area contributed by atoms with Crippen LogP contribution in [-0.2, 0) is 4.79 Å². The van der Waals surface area contributed by atoms with Crippen molar-refractivity contribution in [3.8, 4) is 0 Å². The lowest BCUT2D eigenvalue weighted by molar-refractivity contribution is -0.921. The third-order valence-corrected chi connectivity index (χ3v) is 2.72. The number of imide groups is 1. The van der Waals surface area contributed by atoms with Crippen molar-refractivity contribution in [3.63, 3.8) is 0 Å². The van der Waals surface area contributed by atoms with Gasteiger partial charge in [0, 0.05) is 0 Å². The molecule has 2 rings (SSSR count). The molecule has 0 spiro atoms. The number of nitrogens with zero attached hydrogens (tertiary/aromatic N) is 1. The molecule has 0 saturated carbocycles. The van der Waals surface area contributed by atoms with Gasteiger partial charge in [-0.25, -0.2) is 14.4 Å². The number of hydrogen-bond donors (Lipinski definition) is 2. The van der Waals surface area contributed by atoms with Crippen molar-refractivity contribution in [2.24, 2.45) is 0 Å². The molecule has 0 fully saturated rings. The zero-order valence-electron chi connectivity index (χ0n) is 9.45. The Bertz CT molecular complexity index is 567. The Balaban J connectivity index is 2.57. The molecule has 0 radical (unpaired) electrons. The third kappa shape index (κ3) is 1.55. The maximum absolute atomic E-state index is 12.0. The second-order valence-corrected chi connectivity index (χ2v) is 3.96. The van der Waals surface area contributed by atoms with E-state index in [1.54, 1.807) is 12.1 Å². The van der Waals surface area contributed by atoms with Crippen LogP contribution >= 0.6 is 0 Å². The molecule has 2 N–H and O–H groups in total. The van der Waals surface area contributed by atoms with Crippen LogP contribution in [0.2, 0.25) is 0 Å². The van der Waals surface area contributed by atoms with Crippen molar-refractivity contribution in [1.29, 1.82) is 0 Å². The van der Waals surface area contributed by atoms with Crippen LogP contribution in [0.1, 0.15) is 27.6 Å². The molecule has 1 aliphatic heterocycles. The Kier molecular flexibility index (Phi) is 2.61. The number of carbonyl (C=O) groups is 3. The summed E-state index contributed by atoms with van der Waals surface area (Å²) in [6.07, 6.45) is 0.729. The Morgan fingerprint density at radius 1 is 1.17 bits per heavy atom. The van der Waals surface area contributed by atoms with Crippen LogP contribution in [0.5, 0.6) is 0 Å². The number of fused-ring (bicyclic) bond motifs is 1. The minimum Gasteiger partial charge on any atom is -0.478 e. The molecule has 1 aromatic carbocycles. The van der Waals surface area contributed by atoms with Crippen LogP contribution in [0, 0.1) is 0 Å². The first-order valence-corrected chi connectivity index (χ1v) is 5.11. The summed E-state index contributed by atoms with van der Waals surface area (Å²) >= 11 is 0. The maximum atomic E-state index is 12.0. The van der Waals surface area contributed by atoms with Crippen molar-refractivity contribution >= 4 is 17.8 Å². The first kappa shape index (κ1) is 12.2. The molecule has 18 heavy (non-hydrogen) atoms. The van der Waals surface area contributed by atoms with Crippen molar-refractivity contribution < 1.29 is 29.3 Å². The average Bonchev–Trinajstić information content (AvgIpc) is 2.53. The fraction of sp³-hybridized carbons (Fsp3) is 0.0833. The van der Waals surface area contributed by atoms with Gasteiger partial charge in [-0.15, -0.1) is 0 Å². The Morgan fingerprint density at radius 2 is 1.61 bits per heavy atom. The van der Waals surface area contributed by atoms with Crippen LogP contribution < -0.4 is 0 Å². The minimum absolute atomic E-state index is 0.0828. The van der Waals surface area contributed by atoms with Gasteiger partial charge in [-0.3, -0.25) is 0 Å². The van der Waals surface area contributed by atoms with E-state index in [9.17, 15) is 19.6 Å². The number of aliphatic carboxylic acids is 1. The topological polar surface area (TPSA) is 91.7 Å². The number of carbonyl (C=O) groups excluding carboxylic acids is 2. The van der Waals surface area contributed by atoms with E-state index in [1.807, 2.05) is 0 Å². The molecule has 0 atom stereocenters. The van der Waals surface area contributed by atoms with Gasteiger partial charge in [0.25, 0.3) is 0 Å². The van der Waals surface area contributed by atoms with Gasteiger partial charge in [0.15, 0.2) is 6.20 Å². The number of benzene rings is 1. The second kappa shape index (κ2) is 3.86. The van der Waals surface area contributed by atoms with E-state index in [1.165, 1.54) is 19.1 Å². The van der Waals surface area contributed by atoms with Gasteiger partial charge in [-0.2, -0.15) is 5.21 Å². The van der Waals surface area contributed by atoms with Gasteiger partial charge in [0.05, 0.1) is 5.57 Å². The van der Waals surface area contributed by atoms with E-state index in [0.29, 0.717) is 0 Å². The SMILES string of the molecule is CC(=C[N+]1(O)C(=O)c2ccccc2C1=O)C(=O)O. The molecule has 0 unspecified atom stereocenters. The maximum Gasteiger partial charge on any atom is 0.391 e. The van der Waals surface area contributed by atoms with Gasteiger partial charge in [0.2, 0.25) is 0 Å². The number of rotatable bonds is 2. The minimum atomic E-state index is -1.66. The van der Waals surface area contributed by atoms with Crippen molar-refractivity contribution in [2.75, 3.05) is 0 Å². The lowest BCUT2D eigenvalue weighted by Crippen LogP contribution is -2.45. The van der Waals surface area contributed by atoms with Crippen molar-refractivity contribution in [1.82, 2.24) is 0 Å². The van der Waals surface area contributed by atoms with Crippen LogP contribution in [0.4, 0.5) is 0 Å². The molecule has 1 aliphatic rings. The lowest BCUT2D eigenvalue weighted by atomic mass is 10.1.